The number of ether oxygens (including phenoxy) is 2. The average Bonchev–Trinajstić information content (AvgIpc) is 3.49. The summed E-state index contributed by atoms with van der Waals surface area (Å²) < 4.78 is 11.8. The van der Waals surface area contributed by atoms with E-state index in [0.29, 0.717) is 21.2 Å². The fourth-order valence-electron chi connectivity index (χ4n) is 5.04. The van der Waals surface area contributed by atoms with Gasteiger partial charge in [-0.15, -0.1) is 0 Å². The Morgan fingerprint density at radius 2 is 2.00 bits per heavy atom. The summed E-state index contributed by atoms with van der Waals surface area (Å²) in [5.41, 5.74) is 4.47. The van der Waals surface area contributed by atoms with Crippen molar-refractivity contribution in [2.75, 3.05) is 31.2 Å². The number of nitrogens with zero attached hydrogens (tertiary/aromatic N) is 4. The quantitative estimate of drug-likeness (QED) is 0.355. The lowest BCUT2D eigenvalue weighted by molar-refractivity contribution is 0.131. The first-order valence-electron chi connectivity index (χ1n) is 11.7. The molecule has 2 aliphatic heterocycles. The van der Waals surface area contributed by atoms with Gasteiger partial charge in [-0.2, -0.15) is 5.10 Å². The molecule has 5 heterocycles. The number of pyridine rings is 2. The van der Waals surface area contributed by atoms with Crippen molar-refractivity contribution in [3.05, 3.63) is 64.0 Å². The van der Waals surface area contributed by atoms with Gasteiger partial charge in [-0.05, 0) is 50.6 Å². The molecule has 6 rings (SSSR count). The summed E-state index contributed by atoms with van der Waals surface area (Å²) in [7, 11) is 0. The van der Waals surface area contributed by atoms with E-state index in [1.807, 2.05) is 38.2 Å². The zero-order valence-corrected chi connectivity index (χ0v) is 21.0. The summed E-state index contributed by atoms with van der Waals surface area (Å²) in [6.45, 7) is 7.53. The number of hydrogen-bond donors (Lipinski definition) is 1. The van der Waals surface area contributed by atoms with Gasteiger partial charge in [0, 0.05) is 54.0 Å². The predicted octanol–water partition coefficient (Wildman–Crippen LogP) is 6.00. The van der Waals surface area contributed by atoms with Gasteiger partial charge in [-0.25, -0.2) is 4.98 Å². The molecule has 2 saturated heterocycles. The summed E-state index contributed by atoms with van der Waals surface area (Å²) in [4.78, 5) is 11.2. The predicted molar refractivity (Wildman–Crippen MR) is 137 cm³/mol. The molecule has 1 unspecified atom stereocenters. The van der Waals surface area contributed by atoms with Crippen LogP contribution >= 0.6 is 23.2 Å². The third-order valence-corrected chi connectivity index (χ3v) is 7.80. The minimum atomic E-state index is -0.351. The fraction of sp³-hybridized carbons (Fsp3) is 0.346. The second-order valence-corrected chi connectivity index (χ2v) is 10.3. The van der Waals surface area contributed by atoms with Crippen molar-refractivity contribution in [1.82, 2.24) is 20.2 Å². The van der Waals surface area contributed by atoms with Crippen LogP contribution in [0.5, 0.6) is 5.75 Å². The zero-order chi connectivity index (χ0) is 24.2. The van der Waals surface area contributed by atoms with E-state index in [2.05, 4.69) is 32.2 Å². The highest BCUT2D eigenvalue weighted by molar-refractivity contribution is 6.36. The molecule has 9 heteroatoms. The smallest absolute Gasteiger partial charge is 0.128 e. The highest BCUT2D eigenvalue weighted by Crippen LogP contribution is 2.41. The topological polar surface area (TPSA) is 76.2 Å². The molecule has 1 atom stereocenters. The third-order valence-electron chi connectivity index (χ3n) is 7.02. The summed E-state index contributed by atoms with van der Waals surface area (Å²) in [5.74, 6) is 1.69. The molecule has 3 aromatic heterocycles. The van der Waals surface area contributed by atoms with Gasteiger partial charge in [-0.3, -0.25) is 10.1 Å². The van der Waals surface area contributed by atoms with Crippen molar-refractivity contribution < 1.29 is 9.47 Å². The van der Waals surface area contributed by atoms with Crippen LogP contribution in [0.15, 0.2) is 42.7 Å². The molecule has 0 saturated carbocycles. The number of aromatic nitrogens is 4. The number of anilines is 1. The Labute approximate surface area is 213 Å². The van der Waals surface area contributed by atoms with Crippen molar-refractivity contribution in [1.29, 1.82) is 0 Å². The number of aryl methyl sites for hydroxylation is 1. The Balaban J connectivity index is 1.23. The lowest BCUT2D eigenvalue weighted by Crippen LogP contribution is -2.57. The zero-order valence-electron chi connectivity index (χ0n) is 19.5. The lowest BCUT2D eigenvalue weighted by atomic mass is 9.79. The number of nitrogens with one attached hydrogen (secondary N) is 1. The first kappa shape index (κ1) is 22.6. The molecule has 35 heavy (non-hydrogen) atoms. The molecule has 0 amide bonds. The number of aromatic amines is 1. The molecule has 0 radical (unpaired) electrons. The summed E-state index contributed by atoms with van der Waals surface area (Å²) in [6.07, 6.45) is 4.28. The molecule has 1 aromatic carbocycles. The van der Waals surface area contributed by atoms with Crippen LogP contribution in [0.3, 0.4) is 0 Å². The van der Waals surface area contributed by atoms with Crippen LogP contribution in [0.1, 0.15) is 30.7 Å². The van der Waals surface area contributed by atoms with E-state index < -0.39 is 0 Å². The number of halogens is 2. The fourth-order valence-corrected chi connectivity index (χ4v) is 5.69. The molecule has 1 N–H and O–H groups in total. The third kappa shape index (κ3) is 4.01. The Morgan fingerprint density at radius 1 is 1.14 bits per heavy atom. The normalized spacial score (nSPS) is 17.7. The maximum atomic E-state index is 6.47. The summed E-state index contributed by atoms with van der Waals surface area (Å²) >= 11 is 12.8. The molecule has 0 bridgehead atoms. The number of rotatable bonds is 5. The maximum absolute atomic E-state index is 6.47. The van der Waals surface area contributed by atoms with E-state index in [1.54, 1.807) is 6.20 Å². The second kappa shape index (κ2) is 8.66. The van der Waals surface area contributed by atoms with Crippen molar-refractivity contribution in [3.63, 3.8) is 0 Å². The van der Waals surface area contributed by atoms with E-state index in [4.69, 9.17) is 37.7 Å². The largest absolute Gasteiger partial charge is 0.486 e. The molecule has 7 nitrogen and oxygen atoms in total. The van der Waals surface area contributed by atoms with Gasteiger partial charge in [0.2, 0.25) is 0 Å². The number of hydrogen-bond acceptors (Lipinski definition) is 6. The number of fused-ring (bicyclic) bond motifs is 1. The average molecular weight is 510 g/mol. The first-order valence-corrected chi connectivity index (χ1v) is 12.4. The summed E-state index contributed by atoms with van der Waals surface area (Å²) in [6, 6.07) is 9.98. The van der Waals surface area contributed by atoms with Crippen LogP contribution in [-0.2, 0) is 4.74 Å². The van der Waals surface area contributed by atoms with Crippen LogP contribution in [0.25, 0.3) is 22.2 Å². The van der Waals surface area contributed by atoms with Crippen molar-refractivity contribution >= 4 is 39.9 Å². The van der Waals surface area contributed by atoms with Crippen molar-refractivity contribution in [3.8, 4) is 17.0 Å². The van der Waals surface area contributed by atoms with Gasteiger partial charge in [0.15, 0.2) is 0 Å². The van der Waals surface area contributed by atoms with Crippen LogP contribution in [-0.4, -0.2) is 46.5 Å². The van der Waals surface area contributed by atoms with E-state index in [-0.39, 0.29) is 6.10 Å². The van der Waals surface area contributed by atoms with Crippen molar-refractivity contribution in [2.24, 2.45) is 5.41 Å². The van der Waals surface area contributed by atoms with Crippen LogP contribution in [0.4, 0.5) is 5.82 Å². The molecule has 4 aromatic rings. The van der Waals surface area contributed by atoms with Crippen molar-refractivity contribution in [2.45, 2.75) is 26.4 Å². The monoisotopic (exact) mass is 509 g/mol. The van der Waals surface area contributed by atoms with E-state index in [0.717, 1.165) is 72.0 Å². The molecular weight excluding hydrogens is 485 g/mol. The second-order valence-electron chi connectivity index (χ2n) is 9.52. The Hall–Kier alpha value is -2.87. The van der Waals surface area contributed by atoms with Gasteiger partial charge in [0.05, 0.1) is 27.9 Å². The van der Waals surface area contributed by atoms with Gasteiger partial charge >= 0.3 is 0 Å². The van der Waals surface area contributed by atoms with Gasteiger partial charge in [0.25, 0.3) is 0 Å². The Bertz CT molecular complexity index is 1390. The van der Waals surface area contributed by atoms with Crippen LogP contribution in [0, 0.1) is 12.3 Å². The maximum Gasteiger partial charge on any atom is 0.128 e. The van der Waals surface area contributed by atoms with E-state index in [1.165, 1.54) is 0 Å². The van der Waals surface area contributed by atoms with Crippen LogP contribution < -0.4 is 9.64 Å². The molecule has 2 aliphatic rings. The molecule has 2 fully saturated rings. The minimum absolute atomic E-state index is 0.329. The van der Waals surface area contributed by atoms with E-state index in [9.17, 15) is 0 Å². The molecular formula is C26H25Cl2N5O2. The molecule has 0 aliphatic carbocycles. The molecule has 1 spiro atoms. The summed E-state index contributed by atoms with van der Waals surface area (Å²) in [5, 5.41) is 9.62. The standard InChI is InChI=1S/C26H25Cl2N5O2/c1-15-24(28)23(20(27)11-29-15)16(2)35-18-4-5-21-19(9-18)25(32-31-21)17-3-6-22(30-10-17)33-12-26(13-33)7-8-34-14-26/h3-6,9-11,16H,7-8,12-14H2,1-2H3,(H,31,32). The lowest BCUT2D eigenvalue weighted by Gasteiger charge is -2.47. The molecule has 180 valence electrons. The number of benzene rings is 1. The Morgan fingerprint density at radius 3 is 2.74 bits per heavy atom. The number of H-pyrrole nitrogens is 1. The SMILES string of the molecule is Cc1ncc(Cl)c(C(C)Oc2ccc3[nH]nc(-c4ccc(N5CC6(CCOC6)C5)nc4)c3c2)c1Cl. The van der Waals surface area contributed by atoms with Gasteiger partial charge in [-0.1, -0.05) is 23.2 Å². The van der Waals surface area contributed by atoms with Gasteiger partial charge < -0.3 is 14.4 Å². The minimum Gasteiger partial charge on any atom is -0.486 e. The van der Waals surface area contributed by atoms with Crippen LogP contribution in [0.2, 0.25) is 10.0 Å². The first-order chi connectivity index (χ1) is 16.9. The van der Waals surface area contributed by atoms with E-state index >= 15 is 0 Å². The highest BCUT2D eigenvalue weighted by atomic mass is 35.5. The highest BCUT2D eigenvalue weighted by Gasteiger charge is 2.46. The van der Waals surface area contributed by atoms with Gasteiger partial charge in [0.1, 0.15) is 23.4 Å². The Kier molecular flexibility index (Phi) is 5.59.